The second-order valence-electron chi connectivity index (χ2n) is 2.27. The van der Waals surface area contributed by atoms with Crippen LogP contribution in [0.5, 0.6) is 0 Å². The van der Waals surface area contributed by atoms with Crippen molar-refractivity contribution in [3.8, 4) is 0 Å². The number of hydrogen-bond acceptors (Lipinski definition) is 3. The predicted molar refractivity (Wildman–Crippen MR) is 46.0 cm³/mol. The van der Waals surface area contributed by atoms with Crippen molar-refractivity contribution in [3.63, 3.8) is 0 Å². The lowest BCUT2D eigenvalue weighted by atomic mass is 10.3. The second-order valence-corrected chi connectivity index (χ2v) is 3.26. The van der Waals surface area contributed by atoms with Crippen LogP contribution in [0.4, 0.5) is 0 Å². The Bertz CT molecular complexity index is 187. The van der Waals surface area contributed by atoms with Crippen molar-refractivity contribution in [2.45, 2.75) is 19.4 Å². The first-order chi connectivity index (χ1) is 5.27. The number of methoxy groups -OCH3 is 1. The molecule has 1 rings (SSSR count). The Balaban J connectivity index is 2.58. The Morgan fingerprint density at radius 2 is 2.55 bits per heavy atom. The molecule has 1 amide bonds. The highest BCUT2D eigenvalue weighted by Gasteiger charge is 2.21. The van der Waals surface area contributed by atoms with Gasteiger partial charge in [0.25, 0.3) is 5.91 Å². The zero-order valence-electron chi connectivity index (χ0n) is 6.66. The van der Waals surface area contributed by atoms with E-state index in [1.807, 2.05) is 6.92 Å². The highest BCUT2D eigenvalue weighted by molar-refractivity contribution is 8.15. The third-order valence-electron chi connectivity index (χ3n) is 1.51. The SMILES string of the molecule is CCC(OC)C1=NC(=O)CS1. The van der Waals surface area contributed by atoms with Gasteiger partial charge in [-0.3, -0.25) is 4.79 Å². The van der Waals surface area contributed by atoms with E-state index in [-0.39, 0.29) is 12.0 Å². The number of rotatable bonds is 3. The topological polar surface area (TPSA) is 38.7 Å². The number of amides is 1. The van der Waals surface area contributed by atoms with E-state index < -0.39 is 0 Å². The van der Waals surface area contributed by atoms with Crippen LogP contribution in [0.15, 0.2) is 4.99 Å². The highest BCUT2D eigenvalue weighted by Crippen LogP contribution is 2.18. The van der Waals surface area contributed by atoms with Gasteiger partial charge in [-0.15, -0.1) is 0 Å². The zero-order valence-corrected chi connectivity index (χ0v) is 7.48. The monoisotopic (exact) mass is 173 g/mol. The van der Waals surface area contributed by atoms with Crippen LogP contribution in [0.2, 0.25) is 0 Å². The van der Waals surface area contributed by atoms with Crippen molar-refractivity contribution in [1.29, 1.82) is 0 Å². The summed E-state index contributed by atoms with van der Waals surface area (Å²) in [6, 6.07) is 0. The molecule has 1 aliphatic heterocycles. The third kappa shape index (κ3) is 2.04. The molecule has 0 aliphatic carbocycles. The minimum atomic E-state index is -0.0412. The summed E-state index contributed by atoms with van der Waals surface area (Å²) in [4.78, 5) is 14.6. The summed E-state index contributed by atoms with van der Waals surface area (Å²) >= 11 is 1.48. The molecule has 3 nitrogen and oxygen atoms in total. The molecule has 0 aromatic heterocycles. The molecule has 0 fully saturated rings. The summed E-state index contributed by atoms with van der Waals surface area (Å²) in [5.41, 5.74) is 0. The van der Waals surface area contributed by atoms with Crippen LogP contribution in [-0.4, -0.2) is 29.9 Å². The Hall–Kier alpha value is -0.350. The minimum absolute atomic E-state index is 0.0199. The summed E-state index contributed by atoms with van der Waals surface area (Å²) in [5, 5.41) is 0.833. The molecule has 0 saturated carbocycles. The summed E-state index contributed by atoms with van der Waals surface area (Å²) in [6.45, 7) is 2.01. The molecule has 4 heteroatoms. The number of thioether (sulfide) groups is 1. The van der Waals surface area contributed by atoms with Crippen LogP contribution < -0.4 is 0 Å². The maximum absolute atomic E-state index is 10.7. The third-order valence-corrected chi connectivity index (χ3v) is 2.55. The summed E-state index contributed by atoms with van der Waals surface area (Å²) in [7, 11) is 1.64. The standard InChI is InChI=1S/C7H11NO2S/c1-3-5(10-2)7-8-6(9)4-11-7/h5H,3-4H2,1-2H3. The first-order valence-corrected chi connectivity index (χ1v) is 4.53. The normalized spacial score (nSPS) is 20.2. The van der Waals surface area contributed by atoms with Gasteiger partial charge in [-0.1, -0.05) is 18.7 Å². The molecule has 1 unspecified atom stereocenters. The Morgan fingerprint density at radius 3 is 2.91 bits per heavy atom. The Kier molecular flexibility index (Phi) is 3.08. The molecule has 0 aromatic carbocycles. The van der Waals surface area contributed by atoms with E-state index in [0.29, 0.717) is 5.75 Å². The van der Waals surface area contributed by atoms with Crippen LogP contribution in [0.1, 0.15) is 13.3 Å². The fourth-order valence-electron chi connectivity index (χ4n) is 0.930. The molecule has 0 N–H and O–H groups in total. The van der Waals surface area contributed by atoms with Crippen molar-refractivity contribution in [3.05, 3.63) is 0 Å². The van der Waals surface area contributed by atoms with Crippen LogP contribution in [0, 0.1) is 0 Å². The molecule has 0 spiro atoms. The van der Waals surface area contributed by atoms with Gasteiger partial charge in [0.05, 0.1) is 5.75 Å². The van der Waals surface area contributed by atoms with Gasteiger partial charge in [-0.2, -0.15) is 0 Å². The van der Waals surface area contributed by atoms with Gasteiger partial charge in [0.1, 0.15) is 11.1 Å². The number of carbonyl (C=O) groups is 1. The molecule has 0 radical (unpaired) electrons. The quantitative estimate of drug-likeness (QED) is 0.641. The van der Waals surface area contributed by atoms with Gasteiger partial charge in [-0.05, 0) is 6.42 Å². The molecule has 0 aromatic rings. The molecule has 62 valence electrons. The number of carbonyl (C=O) groups excluding carboxylic acids is 1. The first kappa shape index (κ1) is 8.74. The molecule has 1 heterocycles. The van der Waals surface area contributed by atoms with Crippen molar-refractivity contribution < 1.29 is 9.53 Å². The van der Waals surface area contributed by atoms with E-state index in [0.717, 1.165) is 11.5 Å². The molecular formula is C7H11NO2S. The number of aliphatic imine (C=N–C) groups is 1. The fraction of sp³-hybridized carbons (Fsp3) is 0.714. The molecule has 11 heavy (non-hydrogen) atoms. The van der Waals surface area contributed by atoms with E-state index in [1.165, 1.54) is 11.8 Å². The van der Waals surface area contributed by atoms with Gasteiger partial charge in [0.15, 0.2) is 0 Å². The van der Waals surface area contributed by atoms with Crippen LogP contribution in [0.3, 0.4) is 0 Å². The smallest absolute Gasteiger partial charge is 0.256 e. The first-order valence-electron chi connectivity index (χ1n) is 3.55. The lowest BCUT2D eigenvalue weighted by Crippen LogP contribution is -2.17. The molecular weight excluding hydrogens is 162 g/mol. The minimum Gasteiger partial charge on any atom is -0.375 e. The average Bonchev–Trinajstić information content (AvgIpc) is 2.39. The molecule has 1 aliphatic rings. The number of hydrogen-bond donors (Lipinski definition) is 0. The van der Waals surface area contributed by atoms with E-state index >= 15 is 0 Å². The van der Waals surface area contributed by atoms with Gasteiger partial charge in [0, 0.05) is 7.11 Å². The van der Waals surface area contributed by atoms with E-state index in [4.69, 9.17) is 4.74 Å². The summed E-state index contributed by atoms with van der Waals surface area (Å²) < 4.78 is 5.13. The van der Waals surface area contributed by atoms with Crippen molar-refractivity contribution in [2.24, 2.45) is 4.99 Å². The highest BCUT2D eigenvalue weighted by atomic mass is 32.2. The summed E-state index contributed by atoms with van der Waals surface area (Å²) in [5.74, 6) is 0.440. The lowest BCUT2D eigenvalue weighted by Gasteiger charge is -2.10. The average molecular weight is 173 g/mol. The van der Waals surface area contributed by atoms with Crippen LogP contribution >= 0.6 is 11.8 Å². The van der Waals surface area contributed by atoms with E-state index in [1.54, 1.807) is 7.11 Å². The maximum atomic E-state index is 10.7. The van der Waals surface area contributed by atoms with Gasteiger partial charge < -0.3 is 4.74 Å². The van der Waals surface area contributed by atoms with Crippen molar-refractivity contribution >= 4 is 22.7 Å². The lowest BCUT2D eigenvalue weighted by molar-refractivity contribution is -0.115. The fourth-order valence-corrected chi connectivity index (χ4v) is 1.88. The van der Waals surface area contributed by atoms with Crippen LogP contribution in [0.25, 0.3) is 0 Å². The number of ether oxygens (including phenoxy) is 1. The molecule has 0 bridgehead atoms. The van der Waals surface area contributed by atoms with Gasteiger partial charge in [-0.25, -0.2) is 4.99 Å². The maximum Gasteiger partial charge on any atom is 0.256 e. The van der Waals surface area contributed by atoms with E-state index in [2.05, 4.69) is 4.99 Å². The largest absolute Gasteiger partial charge is 0.375 e. The number of nitrogens with zero attached hydrogens (tertiary/aromatic N) is 1. The Morgan fingerprint density at radius 1 is 1.82 bits per heavy atom. The van der Waals surface area contributed by atoms with Gasteiger partial charge in [0.2, 0.25) is 0 Å². The Labute approximate surface area is 70.2 Å². The van der Waals surface area contributed by atoms with Gasteiger partial charge >= 0.3 is 0 Å². The van der Waals surface area contributed by atoms with Crippen molar-refractivity contribution in [2.75, 3.05) is 12.9 Å². The second kappa shape index (κ2) is 3.88. The predicted octanol–water partition coefficient (Wildman–Crippen LogP) is 1.08. The molecule has 0 saturated heterocycles. The summed E-state index contributed by atoms with van der Waals surface area (Å²) in [6.07, 6.45) is 0.891. The van der Waals surface area contributed by atoms with Crippen LogP contribution in [-0.2, 0) is 9.53 Å². The molecule has 1 atom stereocenters. The van der Waals surface area contributed by atoms with E-state index in [9.17, 15) is 4.79 Å². The van der Waals surface area contributed by atoms with Crippen molar-refractivity contribution in [1.82, 2.24) is 0 Å². The zero-order chi connectivity index (χ0) is 8.27.